The second-order valence-corrected chi connectivity index (χ2v) is 5.39. The molecule has 116 valence electrons. The molecule has 0 bridgehead atoms. The Bertz CT molecular complexity index is 487. The Hall–Kier alpha value is -1.62. The number of nitrogens with one attached hydrogen (secondary N) is 1. The number of hydrogen-bond donors (Lipinski definition) is 1. The molecule has 1 saturated heterocycles. The van der Waals surface area contributed by atoms with Gasteiger partial charge in [0.15, 0.2) is 11.6 Å². The molecular weight excluding hydrogens is 271 g/mol. The van der Waals surface area contributed by atoms with E-state index in [1.54, 1.807) is 6.07 Å². The van der Waals surface area contributed by atoms with Crippen LogP contribution in [-0.2, 0) is 0 Å². The summed E-state index contributed by atoms with van der Waals surface area (Å²) in [5.74, 6) is -0.461. The van der Waals surface area contributed by atoms with Gasteiger partial charge in [-0.25, -0.2) is 4.39 Å². The summed E-state index contributed by atoms with van der Waals surface area (Å²) in [6.07, 6.45) is 3.12. The van der Waals surface area contributed by atoms with Crippen LogP contribution >= 0.6 is 0 Å². The zero-order chi connectivity index (χ0) is 15.2. The minimum Gasteiger partial charge on any atom is -0.494 e. The minimum atomic E-state index is -0.501. The second-order valence-electron chi connectivity index (χ2n) is 5.39. The van der Waals surface area contributed by atoms with Gasteiger partial charge in [0, 0.05) is 24.7 Å². The highest BCUT2D eigenvalue weighted by Gasteiger charge is 2.22. The van der Waals surface area contributed by atoms with Crippen LogP contribution in [0, 0.1) is 5.82 Å². The summed E-state index contributed by atoms with van der Waals surface area (Å²) in [5, 5.41) is 3.39. The Kier molecular flexibility index (Phi) is 5.56. The molecule has 1 N–H and O–H groups in total. The lowest BCUT2D eigenvalue weighted by Gasteiger charge is -2.25. The zero-order valence-electron chi connectivity index (χ0n) is 12.7. The van der Waals surface area contributed by atoms with Crippen molar-refractivity contribution in [3.8, 4) is 5.75 Å². The van der Waals surface area contributed by atoms with Crippen molar-refractivity contribution in [3.05, 3.63) is 29.6 Å². The van der Waals surface area contributed by atoms with Gasteiger partial charge in [0.25, 0.3) is 5.91 Å². The van der Waals surface area contributed by atoms with Crippen LogP contribution in [0.15, 0.2) is 18.2 Å². The number of carbonyl (C=O) groups excluding carboxylic acids is 1. The van der Waals surface area contributed by atoms with E-state index in [2.05, 4.69) is 5.32 Å². The molecule has 21 heavy (non-hydrogen) atoms. The number of nitrogens with zero attached hydrogens (tertiary/aromatic N) is 1. The number of carbonyl (C=O) groups is 1. The number of methoxy groups -OCH3 is 1. The van der Waals surface area contributed by atoms with Crippen LogP contribution in [0.1, 0.15) is 36.5 Å². The van der Waals surface area contributed by atoms with Crippen LogP contribution < -0.4 is 10.1 Å². The third kappa shape index (κ3) is 3.94. The summed E-state index contributed by atoms with van der Waals surface area (Å²) in [5.41, 5.74) is 0.375. The van der Waals surface area contributed by atoms with Crippen molar-refractivity contribution in [3.63, 3.8) is 0 Å². The molecule has 0 aliphatic carbocycles. The molecule has 1 heterocycles. The van der Waals surface area contributed by atoms with Gasteiger partial charge < -0.3 is 15.0 Å². The third-order valence-corrected chi connectivity index (χ3v) is 3.78. The van der Waals surface area contributed by atoms with Gasteiger partial charge in [-0.3, -0.25) is 4.79 Å². The van der Waals surface area contributed by atoms with E-state index in [-0.39, 0.29) is 11.7 Å². The van der Waals surface area contributed by atoms with Crippen LogP contribution in [0.2, 0.25) is 0 Å². The molecule has 5 heteroatoms. The van der Waals surface area contributed by atoms with E-state index >= 15 is 0 Å². The van der Waals surface area contributed by atoms with Crippen molar-refractivity contribution < 1.29 is 13.9 Å². The number of benzene rings is 1. The predicted molar refractivity (Wildman–Crippen MR) is 80.2 cm³/mol. The normalized spacial score (nSPS) is 17.8. The molecule has 0 aromatic heterocycles. The van der Waals surface area contributed by atoms with Crippen molar-refractivity contribution in [2.75, 3.05) is 26.7 Å². The lowest BCUT2D eigenvalue weighted by atomic mass is 10.1. The molecule has 1 amide bonds. The molecule has 0 spiro atoms. The lowest BCUT2D eigenvalue weighted by Crippen LogP contribution is -2.41. The molecule has 4 nitrogen and oxygen atoms in total. The summed E-state index contributed by atoms with van der Waals surface area (Å²) < 4.78 is 18.6. The number of amides is 1. The van der Waals surface area contributed by atoms with Gasteiger partial charge in [-0.2, -0.15) is 0 Å². The van der Waals surface area contributed by atoms with Crippen LogP contribution in [0.4, 0.5) is 4.39 Å². The standard InChI is InChI=1S/C16H23FN2O2/c1-3-9-19(11-13-5-4-8-18-13)16(20)12-6-7-15(21-2)14(17)10-12/h6-7,10,13,18H,3-5,8-9,11H2,1-2H3. The highest BCUT2D eigenvalue weighted by molar-refractivity contribution is 5.94. The van der Waals surface area contributed by atoms with Gasteiger partial charge in [-0.05, 0) is 44.0 Å². The highest BCUT2D eigenvalue weighted by atomic mass is 19.1. The van der Waals surface area contributed by atoms with Gasteiger partial charge in [0.05, 0.1) is 7.11 Å². The molecule has 0 saturated carbocycles. The van der Waals surface area contributed by atoms with Crippen LogP contribution in [0.5, 0.6) is 5.75 Å². The maximum absolute atomic E-state index is 13.8. The molecule has 1 fully saturated rings. The maximum atomic E-state index is 13.8. The number of rotatable bonds is 6. The summed E-state index contributed by atoms with van der Waals surface area (Å²) >= 11 is 0. The number of ether oxygens (including phenoxy) is 1. The SMILES string of the molecule is CCCN(CC1CCCN1)C(=O)c1ccc(OC)c(F)c1. The van der Waals surface area contributed by atoms with Gasteiger partial charge in [-0.1, -0.05) is 6.92 Å². The first-order chi connectivity index (χ1) is 10.2. The quantitative estimate of drug-likeness (QED) is 0.876. The van der Waals surface area contributed by atoms with Gasteiger partial charge >= 0.3 is 0 Å². The molecule has 2 rings (SSSR count). The topological polar surface area (TPSA) is 41.6 Å². The summed E-state index contributed by atoms with van der Waals surface area (Å²) in [6.45, 7) is 4.41. The van der Waals surface area contributed by atoms with E-state index in [1.165, 1.54) is 19.2 Å². The molecule has 1 aliphatic rings. The minimum absolute atomic E-state index is 0.118. The summed E-state index contributed by atoms with van der Waals surface area (Å²) in [6, 6.07) is 4.73. The Labute approximate surface area is 125 Å². The second kappa shape index (κ2) is 7.41. The number of hydrogen-bond acceptors (Lipinski definition) is 3. The van der Waals surface area contributed by atoms with Gasteiger partial charge in [-0.15, -0.1) is 0 Å². The average Bonchev–Trinajstić information content (AvgIpc) is 2.99. The molecule has 1 aromatic carbocycles. The van der Waals surface area contributed by atoms with E-state index in [1.807, 2.05) is 11.8 Å². The van der Waals surface area contributed by atoms with Crippen molar-refractivity contribution in [2.24, 2.45) is 0 Å². The molecule has 0 radical (unpaired) electrons. The molecule has 1 unspecified atom stereocenters. The van der Waals surface area contributed by atoms with E-state index in [0.29, 0.717) is 24.7 Å². The first-order valence-electron chi connectivity index (χ1n) is 7.52. The highest BCUT2D eigenvalue weighted by Crippen LogP contribution is 2.19. The van der Waals surface area contributed by atoms with E-state index in [4.69, 9.17) is 4.74 Å². The summed E-state index contributed by atoms with van der Waals surface area (Å²) in [4.78, 5) is 14.4. The Morgan fingerprint density at radius 3 is 2.90 bits per heavy atom. The third-order valence-electron chi connectivity index (χ3n) is 3.78. The Balaban J connectivity index is 2.11. The summed E-state index contributed by atoms with van der Waals surface area (Å²) in [7, 11) is 1.41. The first kappa shape index (κ1) is 15.8. The fourth-order valence-corrected chi connectivity index (χ4v) is 2.71. The maximum Gasteiger partial charge on any atom is 0.254 e. The number of halogens is 1. The zero-order valence-corrected chi connectivity index (χ0v) is 12.7. The molecule has 1 aromatic rings. The fraction of sp³-hybridized carbons (Fsp3) is 0.562. The Morgan fingerprint density at radius 1 is 1.52 bits per heavy atom. The smallest absolute Gasteiger partial charge is 0.254 e. The first-order valence-corrected chi connectivity index (χ1v) is 7.52. The van der Waals surface area contributed by atoms with Crippen LogP contribution in [-0.4, -0.2) is 43.6 Å². The monoisotopic (exact) mass is 294 g/mol. The van der Waals surface area contributed by atoms with E-state index in [0.717, 1.165) is 25.8 Å². The van der Waals surface area contributed by atoms with Crippen molar-refractivity contribution >= 4 is 5.91 Å². The van der Waals surface area contributed by atoms with Crippen LogP contribution in [0.25, 0.3) is 0 Å². The van der Waals surface area contributed by atoms with Crippen molar-refractivity contribution in [1.29, 1.82) is 0 Å². The van der Waals surface area contributed by atoms with Crippen LogP contribution in [0.3, 0.4) is 0 Å². The average molecular weight is 294 g/mol. The van der Waals surface area contributed by atoms with E-state index < -0.39 is 5.82 Å². The molecule has 1 aliphatic heterocycles. The Morgan fingerprint density at radius 2 is 2.33 bits per heavy atom. The van der Waals surface area contributed by atoms with Crippen molar-refractivity contribution in [2.45, 2.75) is 32.2 Å². The van der Waals surface area contributed by atoms with Gasteiger partial charge in [0.1, 0.15) is 0 Å². The molecule has 1 atom stereocenters. The largest absolute Gasteiger partial charge is 0.494 e. The fourth-order valence-electron chi connectivity index (χ4n) is 2.71. The lowest BCUT2D eigenvalue weighted by molar-refractivity contribution is 0.0741. The van der Waals surface area contributed by atoms with E-state index in [9.17, 15) is 9.18 Å². The van der Waals surface area contributed by atoms with Gasteiger partial charge in [0.2, 0.25) is 0 Å². The van der Waals surface area contributed by atoms with Crippen molar-refractivity contribution in [1.82, 2.24) is 10.2 Å². The predicted octanol–water partition coefficient (Wildman–Crippen LogP) is 2.44. The molecular formula is C16H23FN2O2.